The molecule has 0 aromatic heterocycles. The first-order chi connectivity index (χ1) is 6.02. The summed E-state index contributed by atoms with van der Waals surface area (Å²) < 4.78 is 13.8. The topological polar surface area (TPSA) is 61.8 Å². The van der Waals surface area contributed by atoms with Crippen molar-refractivity contribution in [3.63, 3.8) is 0 Å². The van der Waals surface area contributed by atoms with Crippen molar-refractivity contribution in [2.45, 2.75) is 26.1 Å². The van der Waals surface area contributed by atoms with Crippen LogP contribution in [0.3, 0.4) is 0 Å². The number of esters is 2. The van der Waals surface area contributed by atoms with Gasteiger partial charge in [0, 0.05) is 7.11 Å². The molecule has 13 heavy (non-hydrogen) atoms. The summed E-state index contributed by atoms with van der Waals surface area (Å²) in [5.41, 5.74) is 0. The zero-order valence-electron chi connectivity index (χ0n) is 8.20. The van der Waals surface area contributed by atoms with Crippen molar-refractivity contribution in [3.05, 3.63) is 0 Å². The Morgan fingerprint density at radius 1 is 1.00 bits per heavy atom. The second kappa shape index (κ2) is 5.53. The van der Waals surface area contributed by atoms with Crippen molar-refractivity contribution >= 4 is 11.9 Å². The van der Waals surface area contributed by atoms with Crippen LogP contribution in [-0.4, -0.2) is 38.4 Å². The molecule has 0 aromatic rings. The zero-order valence-corrected chi connectivity index (χ0v) is 8.20. The lowest BCUT2D eigenvalue weighted by Crippen LogP contribution is -2.31. The molecule has 0 rings (SSSR count). The summed E-state index contributed by atoms with van der Waals surface area (Å²) in [6, 6.07) is 0. The average molecular weight is 190 g/mol. The van der Waals surface area contributed by atoms with E-state index in [1.54, 1.807) is 0 Å². The van der Waals surface area contributed by atoms with Crippen LogP contribution >= 0.6 is 0 Å². The largest absolute Gasteiger partial charge is 0.466 e. The summed E-state index contributed by atoms with van der Waals surface area (Å²) in [5.74, 6) is -1.17. The van der Waals surface area contributed by atoms with Gasteiger partial charge >= 0.3 is 11.9 Å². The molecule has 0 heterocycles. The van der Waals surface area contributed by atoms with E-state index in [-0.39, 0.29) is 0 Å². The van der Waals surface area contributed by atoms with Crippen LogP contribution < -0.4 is 0 Å². The molecule has 0 spiro atoms. The maximum atomic E-state index is 11.0. The lowest BCUT2D eigenvalue weighted by Gasteiger charge is -2.13. The molecule has 0 bridgehead atoms. The first-order valence-electron chi connectivity index (χ1n) is 3.84. The van der Waals surface area contributed by atoms with E-state index in [0.717, 1.165) is 0 Å². The van der Waals surface area contributed by atoms with Gasteiger partial charge in [0.05, 0.1) is 7.11 Å². The molecule has 0 amide bonds. The molecule has 0 unspecified atom stereocenters. The quantitative estimate of drug-likeness (QED) is 0.589. The predicted molar refractivity (Wildman–Crippen MR) is 44.0 cm³/mol. The van der Waals surface area contributed by atoms with Crippen molar-refractivity contribution in [1.29, 1.82) is 0 Å². The van der Waals surface area contributed by atoms with Crippen molar-refractivity contribution in [2.75, 3.05) is 14.2 Å². The Bertz CT molecular complexity index is 189. The van der Waals surface area contributed by atoms with E-state index in [1.807, 2.05) is 0 Å². The summed E-state index contributed by atoms with van der Waals surface area (Å²) in [6.45, 7) is 2.97. The van der Waals surface area contributed by atoms with Gasteiger partial charge in [-0.25, -0.2) is 9.59 Å². The third-order valence-electron chi connectivity index (χ3n) is 1.51. The van der Waals surface area contributed by atoms with Crippen molar-refractivity contribution in [2.24, 2.45) is 0 Å². The molecule has 0 aliphatic carbocycles. The highest BCUT2D eigenvalue weighted by molar-refractivity contribution is 5.80. The number of hydrogen-bond acceptors (Lipinski definition) is 5. The van der Waals surface area contributed by atoms with Gasteiger partial charge in [0.15, 0.2) is 12.2 Å². The lowest BCUT2D eigenvalue weighted by atomic mass is 10.4. The molecule has 0 aromatic carbocycles. The summed E-state index contributed by atoms with van der Waals surface area (Å²) in [5, 5.41) is 0. The maximum Gasteiger partial charge on any atom is 0.346 e. The maximum absolute atomic E-state index is 11.0. The highest BCUT2D eigenvalue weighted by Crippen LogP contribution is 1.99. The van der Waals surface area contributed by atoms with Crippen molar-refractivity contribution < 1.29 is 23.8 Å². The molecule has 5 nitrogen and oxygen atoms in total. The first-order valence-corrected chi connectivity index (χ1v) is 3.84. The molecule has 76 valence electrons. The van der Waals surface area contributed by atoms with E-state index in [2.05, 4.69) is 4.74 Å². The third-order valence-corrected chi connectivity index (χ3v) is 1.51. The Kier molecular flexibility index (Phi) is 5.06. The van der Waals surface area contributed by atoms with Crippen LogP contribution in [0.15, 0.2) is 0 Å². The van der Waals surface area contributed by atoms with Gasteiger partial charge in [-0.15, -0.1) is 0 Å². The first kappa shape index (κ1) is 11.9. The van der Waals surface area contributed by atoms with Gasteiger partial charge in [0.2, 0.25) is 0 Å². The number of methoxy groups -OCH3 is 2. The Morgan fingerprint density at radius 3 is 1.92 bits per heavy atom. The molecular formula is C8H14O5. The average Bonchev–Trinajstić information content (AvgIpc) is 2.14. The summed E-state index contributed by atoms with van der Waals surface area (Å²) in [4.78, 5) is 21.9. The molecule has 0 N–H and O–H groups in total. The molecule has 0 fully saturated rings. The smallest absolute Gasteiger partial charge is 0.346 e. The van der Waals surface area contributed by atoms with E-state index in [1.165, 1.54) is 28.1 Å². The zero-order chi connectivity index (χ0) is 10.4. The minimum absolute atomic E-state index is 0.583. The minimum Gasteiger partial charge on any atom is -0.466 e. The van der Waals surface area contributed by atoms with Gasteiger partial charge in [0.1, 0.15) is 0 Å². The van der Waals surface area contributed by atoms with Gasteiger partial charge in [0.25, 0.3) is 0 Å². The molecule has 0 saturated carbocycles. The molecular weight excluding hydrogens is 176 g/mol. The number of carbonyl (C=O) groups is 2. The molecule has 2 atom stereocenters. The normalized spacial score (nSPS) is 14.5. The van der Waals surface area contributed by atoms with Crippen LogP contribution in [0, 0.1) is 0 Å². The summed E-state index contributed by atoms with van der Waals surface area (Å²) in [7, 11) is 2.61. The SMILES string of the molecule is COC(=O)[C@H](C)OC(=O)[C@H](C)OC. The molecule has 0 aliphatic rings. The van der Waals surface area contributed by atoms with Crippen LogP contribution in [0.4, 0.5) is 0 Å². The Morgan fingerprint density at radius 2 is 1.54 bits per heavy atom. The number of ether oxygens (including phenoxy) is 3. The molecule has 5 heteroatoms. The fourth-order valence-corrected chi connectivity index (χ4v) is 0.580. The van der Waals surface area contributed by atoms with E-state index in [9.17, 15) is 9.59 Å². The number of hydrogen-bond donors (Lipinski definition) is 0. The van der Waals surface area contributed by atoms with Gasteiger partial charge in [-0.05, 0) is 13.8 Å². The van der Waals surface area contributed by atoms with Crippen molar-refractivity contribution in [3.8, 4) is 0 Å². The Labute approximate surface area is 77.0 Å². The fraction of sp³-hybridized carbons (Fsp3) is 0.750. The molecule has 0 saturated heterocycles. The van der Waals surface area contributed by atoms with Crippen LogP contribution in [0.2, 0.25) is 0 Å². The highest BCUT2D eigenvalue weighted by atomic mass is 16.6. The van der Waals surface area contributed by atoms with Gasteiger partial charge in [-0.2, -0.15) is 0 Å². The minimum atomic E-state index is -0.893. The van der Waals surface area contributed by atoms with Crippen LogP contribution in [-0.2, 0) is 23.8 Å². The van der Waals surface area contributed by atoms with Crippen LogP contribution in [0.5, 0.6) is 0 Å². The van der Waals surface area contributed by atoms with Crippen molar-refractivity contribution in [1.82, 2.24) is 0 Å². The predicted octanol–water partition coefficient (Wildman–Crippen LogP) is 0.126. The fourth-order valence-electron chi connectivity index (χ4n) is 0.580. The van der Waals surface area contributed by atoms with E-state index in [4.69, 9.17) is 9.47 Å². The standard InChI is InChI=1S/C8H14O5/c1-5(11-3)8(10)13-6(2)7(9)12-4/h5-6H,1-4H3/t5-,6-/m0/s1. The van der Waals surface area contributed by atoms with Gasteiger partial charge < -0.3 is 14.2 Å². The second-order valence-corrected chi connectivity index (χ2v) is 2.48. The van der Waals surface area contributed by atoms with Crippen LogP contribution in [0.1, 0.15) is 13.8 Å². The molecule has 0 aliphatic heterocycles. The Balaban J connectivity index is 3.98. The summed E-state index contributed by atoms with van der Waals surface area (Å²) in [6.07, 6.45) is -1.57. The second-order valence-electron chi connectivity index (χ2n) is 2.48. The monoisotopic (exact) mass is 190 g/mol. The third kappa shape index (κ3) is 3.89. The van der Waals surface area contributed by atoms with E-state index in [0.29, 0.717) is 0 Å². The number of carbonyl (C=O) groups excluding carboxylic acids is 2. The van der Waals surface area contributed by atoms with Crippen LogP contribution in [0.25, 0.3) is 0 Å². The molecule has 0 radical (unpaired) electrons. The van der Waals surface area contributed by atoms with Gasteiger partial charge in [-0.3, -0.25) is 0 Å². The highest BCUT2D eigenvalue weighted by Gasteiger charge is 2.21. The number of rotatable bonds is 4. The van der Waals surface area contributed by atoms with Gasteiger partial charge in [-0.1, -0.05) is 0 Å². The van der Waals surface area contributed by atoms with E-state index >= 15 is 0 Å². The summed E-state index contributed by atoms with van der Waals surface area (Å²) >= 11 is 0. The van der Waals surface area contributed by atoms with E-state index < -0.39 is 24.1 Å². The Hall–Kier alpha value is -1.10. The lowest BCUT2D eigenvalue weighted by molar-refractivity contribution is -0.170.